The summed E-state index contributed by atoms with van der Waals surface area (Å²) in [7, 11) is 3.84. The van der Waals surface area contributed by atoms with Crippen molar-refractivity contribution < 1.29 is 14.4 Å². The first-order chi connectivity index (χ1) is 9.92. The van der Waals surface area contributed by atoms with Crippen molar-refractivity contribution in [1.82, 2.24) is 19.9 Å². The number of likely N-dealkylation sites (tertiary alicyclic amines) is 1. The SMILES string of the molecule is CCc1noc(CCC(=O)N2CC[C@@](O)(CN(C)C)C2)n1. The van der Waals surface area contributed by atoms with Gasteiger partial charge in [0.25, 0.3) is 0 Å². The molecule has 1 aliphatic rings. The predicted molar refractivity (Wildman–Crippen MR) is 76.7 cm³/mol. The fourth-order valence-corrected chi connectivity index (χ4v) is 2.69. The van der Waals surface area contributed by atoms with Crippen LogP contribution < -0.4 is 0 Å². The standard InChI is InChI=1S/C14H24N4O3/c1-4-11-15-12(21-16-11)5-6-13(19)18-8-7-14(20,10-18)9-17(2)3/h20H,4-10H2,1-3H3/t14-/m1/s1. The molecule has 1 aromatic heterocycles. The molecule has 118 valence electrons. The number of hydrogen-bond acceptors (Lipinski definition) is 6. The number of likely N-dealkylation sites (N-methyl/N-ethyl adjacent to an activating group) is 1. The average Bonchev–Trinajstić information content (AvgIpc) is 3.02. The van der Waals surface area contributed by atoms with E-state index in [4.69, 9.17) is 4.52 Å². The normalized spacial score (nSPS) is 22.2. The van der Waals surface area contributed by atoms with Crippen LogP contribution in [0.25, 0.3) is 0 Å². The Bertz CT molecular complexity index is 488. The van der Waals surface area contributed by atoms with Gasteiger partial charge in [-0.2, -0.15) is 4.98 Å². The highest BCUT2D eigenvalue weighted by Gasteiger charge is 2.38. The van der Waals surface area contributed by atoms with E-state index in [2.05, 4.69) is 10.1 Å². The molecule has 21 heavy (non-hydrogen) atoms. The van der Waals surface area contributed by atoms with Gasteiger partial charge in [0, 0.05) is 32.4 Å². The van der Waals surface area contributed by atoms with E-state index in [1.54, 1.807) is 4.90 Å². The fraction of sp³-hybridized carbons (Fsp3) is 0.786. The molecule has 1 fully saturated rings. The summed E-state index contributed by atoms with van der Waals surface area (Å²) in [5, 5.41) is 14.2. The molecule has 2 heterocycles. The van der Waals surface area contributed by atoms with Crippen LogP contribution in [0.5, 0.6) is 0 Å². The van der Waals surface area contributed by atoms with Crippen LogP contribution in [0, 0.1) is 0 Å². The zero-order chi connectivity index (χ0) is 15.5. The Morgan fingerprint density at radius 1 is 1.52 bits per heavy atom. The van der Waals surface area contributed by atoms with Crippen molar-refractivity contribution in [2.45, 2.75) is 38.2 Å². The molecule has 2 rings (SSSR count). The number of rotatable bonds is 6. The number of carbonyl (C=O) groups excluding carboxylic acids is 1. The van der Waals surface area contributed by atoms with E-state index in [-0.39, 0.29) is 5.91 Å². The number of aliphatic hydroxyl groups is 1. The molecular formula is C14H24N4O3. The van der Waals surface area contributed by atoms with E-state index in [1.165, 1.54) is 0 Å². The highest BCUT2D eigenvalue weighted by molar-refractivity contribution is 5.76. The number of nitrogens with zero attached hydrogens (tertiary/aromatic N) is 4. The van der Waals surface area contributed by atoms with Gasteiger partial charge in [-0.25, -0.2) is 0 Å². The van der Waals surface area contributed by atoms with Gasteiger partial charge in [-0.3, -0.25) is 4.79 Å². The van der Waals surface area contributed by atoms with Gasteiger partial charge < -0.3 is 19.4 Å². The van der Waals surface area contributed by atoms with Crippen molar-refractivity contribution in [2.75, 3.05) is 33.7 Å². The summed E-state index contributed by atoms with van der Waals surface area (Å²) in [6.07, 6.45) is 2.14. The van der Waals surface area contributed by atoms with Gasteiger partial charge in [0.15, 0.2) is 5.82 Å². The third kappa shape index (κ3) is 4.25. The molecule has 1 aliphatic heterocycles. The third-order valence-electron chi connectivity index (χ3n) is 3.67. The second-order valence-electron chi connectivity index (χ2n) is 5.99. The van der Waals surface area contributed by atoms with Crippen LogP contribution in [0.2, 0.25) is 0 Å². The second-order valence-corrected chi connectivity index (χ2v) is 5.99. The minimum atomic E-state index is -0.793. The van der Waals surface area contributed by atoms with Crippen LogP contribution in [0.4, 0.5) is 0 Å². The summed E-state index contributed by atoms with van der Waals surface area (Å²) < 4.78 is 5.07. The van der Waals surface area contributed by atoms with Gasteiger partial charge in [0.05, 0.1) is 12.1 Å². The van der Waals surface area contributed by atoms with Crippen LogP contribution in [0.3, 0.4) is 0 Å². The van der Waals surface area contributed by atoms with E-state index < -0.39 is 5.60 Å². The highest BCUT2D eigenvalue weighted by Crippen LogP contribution is 2.22. The first-order valence-corrected chi connectivity index (χ1v) is 7.38. The Labute approximate surface area is 124 Å². The molecule has 1 saturated heterocycles. The van der Waals surface area contributed by atoms with E-state index in [0.717, 1.165) is 6.42 Å². The van der Waals surface area contributed by atoms with Crippen molar-refractivity contribution in [1.29, 1.82) is 0 Å². The summed E-state index contributed by atoms with van der Waals surface area (Å²) in [5.41, 5.74) is -0.793. The number of aromatic nitrogens is 2. The summed E-state index contributed by atoms with van der Waals surface area (Å²) >= 11 is 0. The van der Waals surface area contributed by atoms with E-state index >= 15 is 0 Å². The molecular weight excluding hydrogens is 272 g/mol. The van der Waals surface area contributed by atoms with E-state index in [9.17, 15) is 9.90 Å². The van der Waals surface area contributed by atoms with E-state index in [0.29, 0.717) is 50.6 Å². The molecule has 7 nitrogen and oxygen atoms in total. The zero-order valence-electron chi connectivity index (χ0n) is 13.0. The van der Waals surface area contributed by atoms with Crippen LogP contribution in [0.15, 0.2) is 4.52 Å². The second kappa shape index (κ2) is 6.53. The van der Waals surface area contributed by atoms with Crippen molar-refractivity contribution in [2.24, 2.45) is 0 Å². The highest BCUT2D eigenvalue weighted by atomic mass is 16.5. The third-order valence-corrected chi connectivity index (χ3v) is 3.67. The molecule has 0 saturated carbocycles. The molecule has 1 N–H and O–H groups in total. The Hall–Kier alpha value is -1.47. The number of hydrogen-bond donors (Lipinski definition) is 1. The van der Waals surface area contributed by atoms with Gasteiger partial charge in [-0.1, -0.05) is 12.1 Å². The maximum Gasteiger partial charge on any atom is 0.227 e. The Morgan fingerprint density at radius 2 is 2.29 bits per heavy atom. The lowest BCUT2D eigenvalue weighted by molar-refractivity contribution is -0.131. The van der Waals surface area contributed by atoms with E-state index in [1.807, 2.05) is 25.9 Å². The molecule has 7 heteroatoms. The van der Waals surface area contributed by atoms with Gasteiger partial charge in [0.2, 0.25) is 11.8 Å². The van der Waals surface area contributed by atoms with Gasteiger partial charge >= 0.3 is 0 Å². The Morgan fingerprint density at radius 3 is 2.90 bits per heavy atom. The summed E-state index contributed by atoms with van der Waals surface area (Å²) in [6.45, 7) is 3.52. The number of β-amino-alcohol motifs (C(OH)–C–C–N with tert-alkyl or cyclic N) is 1. The smallest absolute Gasteiger partial charge is 0.227 e. The summed E-state index contributed by atoms with van der Waals surface area (Å²) in [5.74, 6) is 1.20. The maximum absolute atomic E-state index is 12.2. The molecule has 0 spiro atoms. The molecule has 0 bridgehead atoms. The topological polar surface area (TPSA) is 82.7 Å². The molecule has 0 aromatic carbocycles. The van der Waals surface area contributed by atoms with Crippen LogP contribution in [0.1, 0.15) is 31.5 Å². The Balaban J connectivity index is 1.81. The number of carbonyl (C=O) groups is 1. The predicted octanol–water partition coefficient (Wildman–Crippen LogP) is 0.0896. The van der Waals surface area contributed by atoms with Crippen molar-refractivity contribution in [3.63, 3.8) is 0 Å². The number of amides is 1. The molecule has 0 radical (unpaired) electrons. The molecule has 0 unspecified atom stereocenters. The van der Waals surface area contributed by atoms with Gasteiger partial charge in [0.1, 0.15) is 0 Å². The minimum absolute atomic E-state index is 0.0286. The lowest BCUT2D eigenvalue weighted by Crippen LogP contribution is -2.43. The maximum atomic E-state index is 12.2. The van der Waals surface area contributed by atoms with Crippen molar-refractivity contribution in [3.8, 4) is 0 Å². The first-order valence-electron chi connectivity index (χ1n) is 7.38. The largest absolute Gasteiger partial charge is 0.387 e. The molecule has 1 atom stereocenters. The lowest BCUT2D eigenvalue weighted by Gasteiger charge is -2.26. The molecule has 1 amide bonds. The summed E-state index contributed by atoms with van der Waals surface area (Å²) in [6, 6.07) is 0. The quantitative estimate of drug-likeness (QED) is 0.801. The molecule has 1 aromatic rings. The van der Waals surface area contributed by atoms with Gasteiger partial charge in [-0.05, 0) is 20.5 Å². The lowest BCUT2D eigenvalue weighted by atomic mass is 10.0. The van der Waals surface area contributed by atoms with Crippen molar-refractivity contribution >= 4 is 5.91 Å². The zero-order valence-corrected chi connectivity index (χ0v) is 13.0. The van der Waals surface area contributed by atoms with Gasteiger partial charge in [-0.15, -0.1) is 0 Å². The number of aryl methyl sites for hydroxylation is 2. The van der Waals surface area contributed by atoms with Crippen molar-refractivity contribution in [3.05, 3.63) is 11.7 Å². The summed E-state index contributed by atoms with van der Waals surface area (Å²) in [4.78, 5) is 20.0. The fourth-order valence-electron chi connectivity index (χ4n) is 2.69. The molecule has 0 aliphatic carbocycles. The van der Waals surface area contributed by atoms with Crippen LogP contribution in [-0.4, -0.2) is 70.3 Å². The minimum Gasteiger partial charge on any atom is -0.387 e. The Kier molecular flexibility index (Phi) is 4.95. The van der Waals surface area contributed by atoms with Crippen LogP contribution >= 0.6 is 0 Å². The first kappa shape index (κ1) is 15.9. The average molecular weight is 296 g/mol. The van der Waals surface area contributed by atoms with Crippen LogP contribution in [-0.2, 0) is 17.6 Å². The monoisotopic (exact) mass is 296 g/mol.